The number of hydrogen-bond acceptors (Lipinski definition) is 5. The first-order chi connectivity index (χ1) is 12.2. The van der Waals surface area contributed by atoms with E-state index >= 15 is 0 Å². The van der Waals surface area contributed by atoms with Crippen LogP contribution in [0.1, 0.15) is 69.0 Å². The number of aryl methyl sites for hydroxylation is 1. The Morgan fingerprint density at radius 1 is 1.24 bits per heavy atom. The third kappa shape index (κ3) is 4.47. The SMILES string of the molecule is CCCCc1noc(C(C)N2CCC(C(O)c3ccccc3)CC2)n1. The van der Waals surface area contributed by atoms with Crippen LogP contribution in [0.15, 0.2) is 34.9 Å². The maximum absolute atomic E-state index is 10.6. The normalized spacial score (nSPS) is 19.0. The van der Waals surface area contributed by atoms with Gasteiger partial charge in [-0.1, -0.05) is 48.8 Å². The van der Waals surface area contributed by atoms with E-state index in [-0.39, 0.29) is 12.1 Å². The Bertz CT molecular complexity index is 635. The van der Waals surface area contributed by atoms with Crippen LogP contribution in [0.25, 0.3) is 0 Å². The van der Waals surface area contributed by atoms with Gasteiger partial charge in [-0.05, 0) is 50.8 Å². The minimum atomic E-state index is -0.372. The van der Waals surface area contributed by atoms with Crippen LogP contribution in [-0.2, 0) is 6.42 Å². The molecule has 3 rings (SSSR count). The number of hydrogen-bond donors (Lipinski definition) is 1. The van der Waals surface area contributed by atoms with Crippen LogP contribution in [-0.4, -0.2) is 33.2 Å². The van der Waals surface area contributed by atoms with Crippen LogP contribution in [0.4, 0.5) is 0 Å². The number of aliphatic hydroxyl groups excluding tert-OH is 1. The van der Waals surface area contributed by atoms with Crippen LogP contribution in [0.5, 0.6) is 0 Å². The quantitative estimate of drug-likeness (QED) is 0.825. The third-order valence-corrected chi connectivity index (χ3v) is 5.30. The Kier molecular flexibility index (Phi) is 6.21. The molecule has 1 aliphatic heterocycles. The summed E-state index contributed by atoms with van der Waals surface area (Å²) < 4.78 is 5.47. The van der Waals surface area contributed by atoms with E-state index in [2.05, 4.69) is 28.9 Å². The van der Waals surface area contributed by atoms with E-state index in [0.717, 1.165) is 56.6 Å². The molecule has 5 heteroatoms. The van der Waals surface area contributed by atoms with Crippen molar-refractivity contribution in [1.29, 1.82) is 0 Å². The van der Waals surface area contributed by atoms with Crippen molar-refractivity contribution in [2.75, 3.05) is 13.1 Å². The van der Waals surface area contributed by atoms with E-state index < -0.39 is 0 Å². The Morgan fingerprint density at radius 2 is 1.96 bits per heavy atom. The molecule has 25 heavy (non-hydrogen) atoms. The van der Waals surface area contributed by atoms with Crippen molar-refractivity contribution in [3.63, 3.8) is 0 Å². The summed E-state index contributed by atoms with van der Waals surface area (Å²) in [5, 5.41) is 14.7. The van der Waals surface area contributed by atoms with Gasteiger partial charge in [-0.2, -0.15) is 4.98 Å². The van der Waals surface area contributed by atoms with Crippen molar-refractivity contribution in [3.05, 3.63) is 47.6 Å². The summed E-state index contributed by atoms with van der Waals surface area (Å²) in [6.45, 7) is 6.19. The van der Waals surface area contributed by atoms with Crippen LogP contribution in [0.3, 0.4) is 0 Å². The molecule has 1 saturated heterocycles. The van der Waals surface area contributed by atoms with Gasteiger partial charge >= 0.3 is 0 Å². The fraction of sp³-hybridized carbons (Fsp3) is 0.600. The molecule has 0 spiro atoms. The Balaban J connectivity index is 1.54. The van der Waals surface area contributed by atoms with Crippen molar-refractivity contribution in [2.24, 2.45) is 5.92 Å². The molecule has 1 fully saturated rings. The van der Waals surface area contributed by atoms with Gasteiger partial charge in [-0.3, -0.25) is 4.90 Å². The Labute approximate surface area is 150 Å². The second-order valence-corrected chi connectivity index (χ2v) is 7.06. The summed E-state index contributed by atoms with van der Waals surface area (Å²) in [6.07, 6.45) is 4.71. The number of nitrogens with zero attached hydrogens (tertiary/aromatic N) is 3. The van der Waals surface area contributed by atoms with E-state index in [1.165, 1.54) is 0 Å². The molecule has 2 heterocycles. The average Bonchev–Trinajstić information content (AvgIpc) is 3.15. The molecule has 1 aromatic heterocycles. The van der Waals surface area contributed by atoms with Crippen molar-refractivity contribution >= 4 is 0 Å². The molecule has 136 valence electrons. The number of rotatable bonds is 7. The second kappa shape index (κ2) is 8.59. The lowest BCUT2D eigenvalue weighted by atomic mass is 9.87. The number of benzene rings is 1. The highest BCUT2D eigenvalue weighted by Gasteiger charge is 2.30. The van der Waals surface area contributed by atoms with E-state index in [0.29, 0.717) is 11.8 Å². The van der Waals surface area contributed by atoms with Crippen LogP contribution < -0.4 is 0 Å². The number of unbranched alkanes of at least 4 members (excludes halogenated alkanes) is 1. The van der Waals surface area contributed by atoms with Gasteiger partial charge < -0.3 is 9.63 Å². The topological polar surface area (TPSA) is 62.4 Å². The lowest BCUT2D eigenvalue weighted by molar-refractivity contribution is 0.0420. The first kappa shape index (κ1) is 18.1. The van der Waals surface area contributed by atoms with Crippen LogP contribution in [0, 0.1) is 5.92 Å². The molecule has 5 nitrogen and oxygen atoms in total. The van der Waals surface area contributed by atoms with Gasteiger partial charge in [0.1, 0.15) is 0 Å². The van der Waals surface area contributed by atoms with Gasteiger partial charge in [0.2, 0.25) is 5.89 Å². The van der Waals surface area contributed by atoms with E-state index in [4.69, 9.17) is 4.52 Å². The molecular formula is C20H29N3O2. The zero-order valence-electron chi connectivity index (χ0n) is 15.3. The highest BCUT2D eigenvalue weighted by molar-refractivity contribution is 5.18. The van der Waals surface area contributed by atoms with Crippen molar-refractivity contribution in [3.8, 4) is 0 Å². The summed E-state index contributed by atoms with van der Waals surface area (Å²) in [7, 11) is 0. The summed E-state index contributed by atoms with van der Waals surface area (Å²) in [4.78, 5) is 6.94. The minimum Gasteiger partial charge on any atom is -0.388 e. The molecule has 0 aliphatic carbocycles. The molecule has 1 N–H and O–H groups in total. The summed E-state index contributed by atoms with van der Waals surface area (Å²) in [6, 6.07) is 10.1. The van der Waals surface area contributed by atoms with Gasteiger partial charge in [0.25, 0.3) is 0 Å². The largest absolute Gasteiger partial charge is 0.388 e. The van der Waals surface area contributed by atoms with Crippen LogP contribution in [0.2, 0.25) is 0 Å². The van der Waals surface area contributed by atoms with Crippen LogP contribution >= 0.6 is 0 Å². The van der Waals surface area contributed by atoms with Crippen molar-refractivity contribution in [1.82, 2.24) is 15.0 Å². The van der Waals surface area contributed by atoms with Gasteiger partial charge in [0.15, 0.2) is 5.82 Å². The monoisotopic (exact) mass is 343 g/mol. The Hall–Kier alpha value is -1.72. The lowest BCUT2D eigenvalue weighted by Crippen LogP contribution is -2.37. The maximum atomic E-state index is 10.6. The summed E-state index contributed by atoms with van der Waals surface area (Å²) >= 11 is 0. The molecule has 0 saturated carbocycles. The third-order valence-electron chi connectivity index (χ3n) is 5.30. The predicted octanol–water partition coefficient (Wildman–Crippen LogP) is 3.92. The molecule has 1 aromatic carbocycles. The molecule has 0 radical (unpaired) electrons. The summed E-state index contributed by atoms with van der Waals surface area (Å²) in [5.74, 6) is 1.85. The van der Waals surface area contributed by atoms with Gasteiger partial charge in [-0.15, -0.1) is 0 Å². The molecule has 0 amide bonds. The van der Waals surface area contributed by atoms with E-state index in [1.54, 1.807) is 0 Å². The lowest BCUT2D eigenvalue weighted by Gasteiger charge is -2.36. The second-order valence-electron chi connectivity index (χ2n) is 7.06. The zero-order chi connectivity index (χ0) is 17.6. The van der Waals surface area contributed by atoms with E-state index in [9.17, 15) is 5.11 Å². The number of likely N-dealkylation sites (tertiary alicyclic amines) is 1. The maximum Gasteiger partial charge on any atom is 0.243 e. The molecule has 2 aromatic rings. The zero-order valence-corrected chi connectivity index (χ0v) is 15.3. The molecule has 2 atom stereocenters. The molecule has 2 unspecified atom stereocenters. The number of aromatic nitrogens is 2. The average molecular weight is 343 g/mol. The smallest absolute Gasteiger partial charge is 0.243 e. The Morgan fingerprint density at radius 3 is 2.64 bits per heavy atom. The summed E-state index contributed by atoms with van der Waals surface area (Å²) in [5.41, 5.74) is 1.02. The highest BCUT2D eigenvalue weighted by atomic mass is 16.5. The predicted molar refractivity (Wildman–Crippen MR) is 97.0 cm³/mol. The fourth-order valence-electron chi connectivity index (χ4n) is 3.57. The molecule has 1 aliphatic rings. The minimum absolute atomic E-state index is 0.137. The number of aliphatic hydroxyl groups is 1. The highest BCUT2D eigenvalue weighted by Crippen LogP contribution is 2.33. The van der Waals surface area contributed by atoms with Crippen molar-refractivity contribution < 1.29 is 9.63 Å². The first-order valence-electron chi connectivity index (χ1n) is 9.48. The molecule has 0 bridgehead atoms. The van der Waals surface area contributed by atoms with Gasteiger partial charge in [-0.25, -0.2) is 0 Å². The van der Waals surface area contributed by atoms with Gasteiger partial charge in [0.05, 0.1) is 12.1 Å². The van der Waals surface area contributed by atoms with Crippen molar-refractivity contribution in [2.45, 2.75) is 58.1 Å². The molecular weight excluding hydrogens is 314 g/mol. The fourth-order valence-corrected chi connectivity index (χ4v) is 3.57. The number of piperidine rings is 1. The van der Waals surface area contributed by atoms with Gasteiger partial charge in [0, 0.05) is 6.42 Å². The standard InChI is InChI=1S/C20H29N3O2/c1-3-4-10-18-21-20(25-22-18)15(2)23-13-11-17(12-14-23)19(24)16-8-6-5-7-9-16/h5-9,15,17,19,24H,3-4,10-14H2,1-2H3. The first-order valence-corrected chi connectivity index (χ1v) is 9.48. The van der Waals surface area contributed by atoms with E-state index in [1.807, 2.05) is 30.3 Å².